The Bertz CT molecular complexity index is 1290. The molecule has 30 heavy (non-hydrogen) atoms. The Labute approximate surface area is 172 Å². The molecule has 154 valence electrons. The number of hydrogen-bond donors (Lipinski definition) is 1. The summed E-state index contributed by atoms with van der Waals surface area (Å²) in [7, 11) is -3.75. The van der Waals surface area contributed by atoms with E-state index in [1.807, 2.05) is 0 Å². The van der Waals surface area contributed by atoms with Crippen LogP contribution in [0.15, 0.2) is 82.4 Å². The van der Waals surface area contributed by atoms with Crippen molar-refractivity contribution in [3.8, 4) is 0 Å². The van der Waals surface area contributed by atoms with Gasteiger partial charge in [0.05, 0.1) is 23.5 Å². The number of halogens is 1. The Kier molecular flexibility index (Phi) is 5.41. The molecule has 1 N–H and O–H groups in total. The van der Waals surface area contributed by atoms with Crippen molar-refractivity contribution >= 4 is 26.6 Å². The van der Waals surface area contributed by atoms with Gasteiger partial charge in [0.25, 0.3) is 0 Å². The van der Waals surface area contributed by atoms with E-state index in [0.29, 0.717) is 22.2 Å². The van der Waals surface area contributed by atoms with Gasteiger partial charge >= 0.3 is 0 Å². The molecule has 4 aromatic rings. The van der Waals surface area contributed by atoms with Crippen LogP contribution in [-0.2, 0) is 33.5 Å². The maximum atomic E-state index is 13.5. The van der Waals surface area contributed by atoms with E-state index in [9.17, 15) is 17.6 Å². The molecule has 0 saturated carbocycles. The molecule has 0 aliphatic rings. The second kappa shape index (κ2) is 8.16. The molecule has 2 aromatic carbocycles. The summed E-state index contributed by atoms with van der Waals surface area (Å²) in [6.07, 6.45) is 2.99. The fourth-order valence-corrected chi connectivity index (χ4v) is 4.89. The van der Waals surface area contributed by atoms with Crippen molar-refractivity contribution in [1.82, 2.24) is 9.88 Å². The van der Waals surface area contributed by atoms with E-state index < -0.39 is 15.7 Å². The number of sulfone groups is 1. The van der Waals surface area contributed by atoms with E-state index >= 15 is 0 Å². The fourth-order valence-electron chi connectivity index (χ4n) is 3.33. The molecule has 8 heteroatoms. The second-order valence-electron chi connectivity index (χ2n) is 6.88. The van der Waals surface area contributed by atoms with Crippen LogP contribution in [0.1, 0.15) is 11.3 Å². The number of fused-ring (bicyclic) bond motifs is 1. The first-order valence-corrected chi connectivity index (χ1v) is 10.9. The number of aromatic nitrogens is 1. The number of nitrogens with zero attached hydrogens (tertiary/aromatic N) is 1. The highest BCUT2D eigenvalue weighted by Gasteiger charge is 2.22. The van der Waals surface area contributed by atoms with E-state index in [-0.39, 0.29) is 29.6 Å². The smallest absolute Gasteiger partial charge is 0.240 e. The lowest BCUT2D eigenvalue weighted by atomic mass is 10.2. The summed E-state index contributed by atoms with van der Waals surface area (Å²) in [5.41, 5.74) is 0.992. The zero-order valence-electron chi connectivity index (χ0n) is 15.9. The molecule has 0 bridgehead atoms. The number of benzene rings is 2. The van der Waals surface area contributed by atoms with Gasteiger partial charge in [-0.3, -0.25) is 4.79 Å². The van der Waals surface area contributed by atoms with E-state index in [4.69, 9.17) is 4.42 Å². The molecule has 0 atom stereocenters. The molecule has 0 radical (unpaired) electrons. The summed E-state index contributed by atoms with van der Waals surface area (Å²) in [6, 6.07) is 16.0. The van der Waals surface area contributed by atoms with E-state index in [2.05, 4.69) is 5.32 Å². The highest BCUT2D eigenvalue weighted by molar-refractivity contribution is 7.90. The first-order valence-electron chi connectivity index (χ1n) is 9.26. The third kappa shape index (κ3) is 4.28. The predicted octanol–water partition coefficient (Wildman–Crippen LogP) is 3.66. The predicted molar refractivity (Wildman–Crippen MR) is 110 cm³/mol. The first kappa shape index (κ1) is 19.9. The summed E-state index contributed by atoms with van der Waals surface area (Å²) in [6.45, 7) is 0.201. The van der Waals surface area contributed by atoms with Crippen molar-refractivity contribution in [3.63, 3.8) is 0 Å². The van der Waals surface area contributed by atoms with Crippen molar-refractivity contribution in [1.29, 1.82) is 0 Å². The molecule has 0 unspecified atom stereocenters. The Morgan fingerprint density at radius 1 is 1.07 bits per heavy atom. The van der Waals surface area contributed by atoms with Gasteiger partial charge in [-0.2, -0.15) is 0 Å². The Balaban J connectivity index is 1.60. The van der Waals surface area contributed by atoms with Gasteiger partial charge in [0.1, 0.15) is 18.1 Å². The topological polar surface area (TPSA) is 81.3 Å². The molecule has 0 fully saturated rings. The monoisotopic (exact) mass is 426 g/mol. The van der Waals surface area contributed by atoms with Crippen LogP contribution in [0.4, 0.5) is 4.39 Å². The summed E-state index contributed by atoms with van der Waals surface area (Å²) in [5.74, 6) is -0.470. The minimum atomic E-state index is -3.75. The molecule has 1 amide bonds. The summed E-state index contributed by atoms with van der Waals surface area (Å²) in [5, 5.41) is 3.27. The van der Waals surface area contributed by atoms with Crippen LogP contribution in [0.25, 0.3) is 10.9 Å². The van der Waals surface area contributed by atoms with Gasteiger partial charge in [-0.1, -0.05) is 30.3 Å². The molecular weight excluding hydrogens is 407 g/mol. The van der Waals surface area contributed by atoms with Gasteiger partial charge in [-0.15, -0.1) is 0 Å². The number of carbonyl (C=O) groups is 1. The van der Waals surface area contributed by atoms with Crippen LogP contribution in [0.5, 0.6) is 0 Å². The fraction of sp³-hybridized carbons (Fsp3) is 0.136. The SMILES string of the molecule is O=C(Cn1cc(S(=O)(=O)Cc2cccc(F)c2)c2ccccc21)NCc1ccco1. The summed E-state index contributed by atoms with van der Waals surface area (Å²) >= 11 is 0. The van der Waals surface area contributed by atoms with Gasteiger partial charge in [0.2, 0.25) is 5.91 Å². The highest BCUT2D eigenvalue weighted by Crippen LogP contribution is 2.28. The van der Waals surface area contributed by atoms with Crippen LogP contribution in [0.2, 0.25) is 0 Å². The third-order valence-corrected chi connectivity index (χ3v) is 6.40. The summed E-state index contributed by atoms with van der Waals surface area (Å²) in [4.78, 5) is 12.5. The Morgan fingerprint density at radius 3 is 2.67 bits per heavy atom. The minimum Gasteiger partial charge on any atom is -0.467 e. The maximum Gasteiger partial charge on any atom is 0.240 e. The van der Waals surface area contributed by atoms with Crippen molar-refractivity contribution < 1.29 is 22.0 Å². The lowest BCUT2D eigenvalue weighted by molar-refractivity contribution is -0.121. The standard InChI is InChI=1S/C22H19FN2O4S/c23-17-6-3-5-16(11-17)15-30(27,28)21-13-25(20-9-2-1-8-19(20)21)14-22(26)24-12-18-7-4-10-29-18/h1-11,13H,12,14-15H2,(H,24,26). The molecule has 0 aliphatic carbocycles. The highest BCUT2D eigenvalue weighted by atomic mass is 32.2. The van der Waals surface area contributed by atoms with Crippen molar-refractivity contribution in [2.24, 2.45) is 0 Å². The van der Waals surface area contributed by atoms with E-state index in [1.54, 1.807) is 47.0 Å². The van der Waals surface area contributed by atoms with Crippen LogP contribution in [0.3, 0.4) is 0 Å². The normalized spacial score (nSPS) is 11.6. The zero-order chi connectivity index (χ0) is 21.1. The Hall–Kier alpha value is -3.39. The van der Waals surface area contributed by atoms with Gasteiger partial charge in [-0.25, -0.2) is 12.8 Å². The number of nitrogens with one attached hydrogen (secondary N) is 1. The molecular formula is C22H19FN2O4S. The molecule has 6 nitrogen and oxygen atoms in total. The van der Waals surface area contributed by atoms with Crippen LogP contribution < -0.4 is 5.32 Å². The van der Waals surface area contributed by atoms with E-state index in [0.717, 1.165) is 0 Å². The number of amides is 1. The zero-order valence-corrected chi connectivity index (χ0v) is 16.7. The third-order valence-electron chi connectivity index (χ3n) is 4.69. The van der Waals surface area contributed by atoms with E-state index in [1.165, 1.54) is 30.7 Å². The largest absolute Gasteiger partial charge is 0.467 e. The average Bonchev–Trinajstić information content (AvgIpc) is 3.35. The van der Waals surface area contributed by atoms with Crippen molar-refractivity contribution in [3.05, 3.63) is 90.3 Å². The molecule has 2 heterocycles. The second-order valence-corrected chi connectivity index (χ2v) is 8.84. The lowest BCUT2D eigenvalue weighted by Gasteiger charge is -2.06. The van der Waals surface area contributed by atoms with Gasteiger partial charge in [0.15, 0.2) is 9.84 Å². The minimum absolute atomic E-state index is 0.0449. The average molecular weight is 426 g/mol. The van der Waals surface area contributed by atoms with Crippen molar-refractivity contribution in [2.45, 2.75) is 23.7 Å². The van der Waals surface area contributed by atoms with Crippen LogP contribution in [-0.4, -0.2) is 18.9 Å². The Morgan fingerprint density at radius 2 is 1.90 bits per heavy atom. The molecule has 2 aromatic heterocycles. The number of carbonyl (C=O) groups excluding carboxylic acids is 1. The number of para-hydroxylation sites is 1. The van der Waals surface area contributed by atoms with Crippen LogP contribution >= 0.6 is 0 Å². The van der Waals surface area contributed by atoms with Gasteiger partial charge < -0.3 is 14.3 Å². The summed E-state index contributed by atoms with van der Waals surface area (Å²) < 4.78 is 46.4. The van der Waals surface area contributed by atoms with Gasteiger partial charge in [-0.05, 0) is 35.9 Å². The lowest BCUT2D eigenvalue weighted by Crippen LogP contribution is -2.26. The number of rotatable bonds is 7. The van der Waals surface area contributed by atoms with Crippen molar-refractivity contribution in [2.75, 3.05) is 0 Å². The molecule has 0 aliphatic heterocycles. The van der Waals surface area contributed by atoms with Gasteiger partial charge in [0, 0.05) is 17.1 Å². The first-order chi connectivity index (χ1) is 14.4. The quantitative estimate of drug-likeness (QED) is 0.489. The number of furan rings is 1. The number of hydrogen-bond acceptors (Lipinski definition) is 4. The molecule has 0 spiro atoms. The maximum absolute atomic E-state index is 13.5. The molecule has 4 rings (SSSR count). The molecule has 0 saturated heterocycles. The van der Waals surface area contributed by atoms with Crippen LogP contribution in [0, 0.1) is 5.82 Å².